The van der Waals surface area contributed by atoms with Crippen molar-refractivity contribution in [2.75, 3.05) is 0 Å². The molecule has 0 aliphatic heterocycles. The van der Waals surface area contributed by atoms with Crippen molar-refractivity contribution in [2.24, 2.45) is 0 Å². The van der Waals surface area contributed by atoms with Gasteiger partial charge in [-0.3, -0.25) is 4.79 Å². The molecule has 2 rings (SSSR count). The van der Waals surface area contributed by atoms with Gasteiger partial charge >= 0.3 is 5.97 Å². The Bertz CT molecular complexity index is 539. The molecule has 0 bridgehead atoms. The first kappa shape index (κ1) is 11.3. The first-order chi connectivity index (χ1) is 8.15. The third-order valence-corrected chi connectivity index (χ3v) is 2.10. The Labute approximate surface area is 95.9 Å². The van der Waals surface area contributed by atoms with E-state index in [1.54, 1.807) is 6.07 Å². The van der Waals surface area contributed by atoms with Crippen LogP contribution in [0.15, 0.2) is 28.8 Å². The van der Waals surface area contributed by atoms with Crippen LogP contribution in [0.5, 0.6) is 0 Å². The van der Waals surface area contributed by atoms with Gasteiger partial charge in [-0.1, -0.05) is 11.2 Å². The first-order valence-electron chi connectivity index (χ1n) is 4.95. The minimum absolute atomic E-state index is 0.0673. The minimum atomic E-state index is -0.929. The number of carbonyl (C=O) groups is 1. The van der Waals surface area contributed by atoms with E-state index in [2.05, 4.69) is 10.1 Å². The summed E-state index contributed by atoms with van der Waals surface area (Å²) in [7, 11) is 0. The van der Waals surface area contributed by atoms with E-state index < -0.39 is 11.8 Å². The zero-order valence-electron chi connectivity index (χ0n) is 8.76. The highest BCUT2D eigenvalue weighted by Crippen LogP contribution is 2.18. The number of carboxylic acid groups (broad SMARTS) is 1. The second kappa shape index (κ2) is 4.73. The quantitative estimate of drug-likeness (QED) is 0.877. The van der Waals surface area contributed by atoms with E-state index in [1.165, 1.54) is 18.2 Å². The van der Waals surface area contributed by atoms with Gasteiger partial charge in [0.1, 0.15) is 5.82 Å². The van der Waals surface area contributed by atoms with Gasteiger partial charge in [0.15, 0.2) is 5.82 Å². The summed E-state index contributed by atoms with van der Waals surface area (Å²) < 4.78 is 17.9. The Balaban J connectivity index is 2.15. The molecule has 0 unspecified atom stereocenters. The third kappa shape index (κ3) is 2.87. The van der Waals surface area contributed by atoms with Gasteiger partial charge in [-0.05, 0) is 18.2 Å². The summed E-state index contributed by atoms with van der Waals surface area (Å²) in [5.41, 5.74) is 0.471. The Morgan fingerprint density at radius 2 is 2.29 bits per heavy atom. The smallest absolute Gasteiger partial charge is 0.303 e. The molecule has 0 saturated carbocycles. The molecular weight excluding hydrogens is 227 g/mol. The topological polar surface area (TPSA) is 76.2 Å². The van der Waals surface area contributed by atoms with Gasteiger partial charge in [-0.2, -0.15) is 4.98 Å². The molecule has 1 N–H and O–H groups in total. The molecule has 5 nitrogen and oxygen atoms in total. The molecular formula is C11H9FN2O3. The lowest BCUT2D eigenvalue weighted by Crippen LogP contribution is -1.98. The molecule has 0 amide bonds. The molecule has 0 fully saturated rings. The van der Waals surface area contributed by atoms with Gasteiger partial charge in [0, 0.05) is 12.0 Å². The number of aromatic nitrogens is 2. The van der Waals surface area contributed by atoms with Crippen molar-refractivity contribution >= 4 is 5.97 Å². The van der Waals surface area contributed by atoms with Crippen molar-refractivity contribution in [3.63, 3.8) is 0 Å². The fourth-order valence-electron chi connectivity index (χ4n) is 1.31. The maximum Gasteiger partial charge on any atom is 0.303 e. The summed E-state index contributed by atoms with van der Waals surface area (Å²) in [4.78, 5) is 14.3. The van der Waals surface area contributed by atoms with E-state index in [4.69, 9.17) is 9.63 Å². The number of carboxylic acids is 1. The molecule has 1 aromatic heterocycles. The van der Waals surface area contributed by atoms with Crippen LogP contribution in [-0.4, -0.2) is 21.2 Å². The number of aliphatic carboxylic acids is 1. The van der Waals surface area contributed by atoms with Crippen LogP contribution < -0.4 is 0 Å². The number of benzene rings is 1. The Morgan fingerprint density at radius 1 is 1.47 bits per heavy atom. The average molecular weight is 236 g/mol. The number of hydrogen-bond donors (Lipinski definition) is 1. The van der Waals surface area contributed by atoms with Crippen LogP contribution in [0.3, 0.4) is 0 Å². The van der Waals surface area contributed by atoms with Gasteiger partial charge in [0.05, 0.1) is 6.42 Å². The molecule has 17 heavy (non-hydrogen) atoms. The first-order valence-corrected chi connectivity index (χ1v) is 4.95. The molecule has 88 valence electrons. The van der Waals surface area contributed by atoms with Crippen molar-refractivity contribution in [3.8, 4) is 11.5 Å². The molecule has 2 aromatic rings. The fourth-order valence-corrected chi connectivity index (χ4v) is 1.31. The van der Waals surface area contributed by atoms with Gasteiger partial charge < -0.3 is 9.63 Å². The fraction of sp³-hybridized carbons (Fsp3) is 0.182. The van der Waals surface area contributed by atoms with Crippen LogP contribution in [0.2, 0.25) is 0 Å². The lowest BCUT2D eigenvalue weighted by atomic mass is 10.2. The van der Waals surface area contributed by atoms with Crippen molar-refractivity contribution in [1.82, 2.24) is 10.1 Å². The van der Waals surface area contributed by atoms with Gasteiger partial charge in [0.25, 0.3) is 5.89 Å². The second-order valence-corrected chi connectivity index (χ2v) is 3.42. The molecule has 6 heteroatoms. The molecule has 0 aliphatic carbocycles. The number of rotatable bonds is 4. The van der Waals surface area contributed by atoms with Crippen LogP contribution in [0.25, 0.3) is 11.5 Å². The summed E-state index contributed by atoms with van der Waals surface area (Å²) in [6, 6.07) is 5.75. The van der Waals surface area contributed by atoms with Crippen LogP contribution >= 0.6 is 0 Å². The second-order valence-electron chi connectivity index (χ2n) is 3.42. The van der Waals surface area contributed by atoms with E-state index >= 15 is 0 Å². The van der Waals surface area contributed by atoms with Crippen molar-refractivity contribution in [2.45, 2.75) is 12.8 Å². The van der Waals surface area contributed by atoms with E-state index in [9.17, 15) is 9.18 Å². The number of hydrogen-bond acceptors (Lipinski definition) is 4. The van der Waals surface area contributed by atoms with Gasteiger partial charge in [-0.15, -0.1) is 0 Å². The van der Waals surface area contributed by atoms with Crippen LogP contribution in [0.4, 0.5) is 4.39 Å². The number of nitrogens with zero attached hydrogens (tertiary/aromatic N) is 2. The van der Waals surface area contributed by atoms with E-state index in [0.717, 1.165) is 0 Å². The Kier molecular flexibility index (Phi) is 3.13. The summed E-state index contributed by atoms with van der Waals surface area (Å²) in [5.74, 6) is -0.841. The lowest BCUT2D eigenvalue weighted by Gasteiger charge is -1.92. The van der Waals surface area contributed by atoms with Gasteiger partial charge in [-0.25, -0.2) is 4.39 Å². The molecule has 1 aromatic carbocycles. The minimum Gasteiger partial charge on any atom is -0.481 e. The monoisotopic (exact) mass is 236 g/mol. The summed E-state index contributed by atoms with van der Waals surface area (Å²) in [6.07, 6.45) is 0.121. The Morgan fingerprint density at radius 3 is 3.00 bits per heavy atom. The third-order valence-electron chi connectivity index (χ3n) is 2.10. The lowest BCUT2D eigenvalue weighted by molar-refractivity contribution is -0.137. The molecule has 0 aliphatic rings. The predicted molar refractivity (Wildman–Crippen MR) is 55.6 cm³/mol. The highest BCUT2D eigenvalue weighted by Gasteiger charge is 2.10. The normalized spacial score (nSPS) is 10.4. The standard InChI is InChI=1S/C11H9FN2O3/c12-8-3-1-2-7(6-8)11-13-9(14-17-11)4-5-10(15)16/h1-3,6H,4-5H2,(H,15,16). The Hall–Kier alpha value is -2.24. The number of halogens is 1. The zero-order chi connectivity index (χ0) is 12.3. The highest BCUT2D eigenvalue weighted by molar-refractivity contribution is 5.66. The maximum absolute atomic E-state index is 12.9. The summed E-state index contributed by atoms with van der Waals surface area (Å²) in [5, 5.41) is 12.1. The average Bonchev–Trinajstić information content (AvgIpc) is 2.75. The molecule has 0 spiro atoms. The van der Waals surface area contributed by atoms with Crippen molar-refractivity contribution in [1.29, 1.82) is 0 Å². The number of aryl methyl sites for hydroxylation is 1. The predicted octanol–water partition coefficient (Wildman–Crippen LogP) is 1.89. The van der Waals surface area contributed by atoms with Gasteiger partial charge in [0.2, 0.25) is 0 Å². The molecule has 0 atom stereocenters. The molecule has 1 heterocycles. The van der Waals surface area contributed by atoms with Crippen LogP contribution in [0, 0.1) is 5.82 Å². The van der Waals surface area contributed by atoms with E-state index in [-0.39, 0.29) is 18.7 Å². The molecule has 0 radical (unpaired) electrons. The van der Waals surface area contributed by atoms with Crippen molar-refractivity contribution < 1.29 is 18.8 Å². The maximum atomic E-state index is 12.9. The van der Waals surface area contributed by atoms with E-state index in [0.29, 0.717) is 11.4 Å². The zero-order valence-corrected chi connectivity index (χ0v) is 8.76. The van der Waals surface area contributed by atoms with Crippen LogP contribution in [0.1, 0.15) is 12.2 Å². The SMILES string of the molecule is O=C(O)CCc1noc(-c2cccc(F)c2)n1. The summed E-state index contributed by atoms with van der Waals surface area (Å²) in [6.45, 7) is 0. The molecule has 0 saturated heterocycles. The van der Waals surface area contributed by atoms with Crippen LogP contribution in [-0.2, 0) is 11.2 Å². The van der Waals surface area contributed by atoms with Crippen molar-refractivity contribution in [3.05, 3.63) is 35.9 Å². The highest BCUT2D eigenvalue weighted by atomic mass is 19.1. The van der Waals surface area contributed by atoms with E-state index in [1.807, 2.05) is 0 Å². The largest absolute Gasteiger partial charge is 0.481 e. The summed E-state index contributed by atoms with van der Waals surface area (Å²) >= 11 is 0.